The van der Waals surface area contributed by atoms with Crippen LogP contribution in [0.3, 0.4) is 0 Å². The predicted molar refractivity (Wildman–Crippen MR) is 122 cm³/mol. The summed E-state index contributed by atoms with van der Waals surface area (Å²) in [6, 6.07) is 23.0. The molecular formula is C26H20N4O. The Morgan fingerprint density at radius 2 is 1.52 bits per heavy atom. The molecule has 0 atom stereocenters. The first kappa shape index (κ1) is 17.8. The van der Waals surface area contributed by atoms with Gasteiger partial charge >= 0.3 is 0 Å². The van der Waals surface area contributed by atoms with E-state index in [4.69, 9.17) is 4.42 Å². The van der Waals surface area contributed by atoms with Crippen molar-refractivity contribution in [3.63, 3.8) is 0 Å². The first-order valence-electron chi connectivity index (χ1n) is 10.3. The van der Waals surface area contributed by atoms with Gasteiger partial charge in [0, 0.05) is 17.7 Å². The summed E-state index contributed by atoms with van der Waals surface area (Å²) in [5, 5.41) is 0. The third kappa shape index (κ3) is 2.66. The van der Waals surface area contributed by atoms with Crippen LogP contribution in [0.1, 0.15) is 25.0 Å². The molecule has 0 saturated heterocycles. The second kappa shape index (κ2) is 6.51. The Labute approximate surface area is 180 Å². The summed E-state index contributed by atoms with van der Waals surface area (Å²) in [7, 11) is 0. The Balaban J connectivity index is 1.47. The molecule has 31 heavy (non-hydrogen) atoms. The van der Waals surface area contributed by atoms with Crippen molar-refractivity contribution >= 4 is 28.2 Å². The number of hydrogen-bond donors (Lipinski definition) is 0. The molecule has 0 unspecified atom stereocenters. The molecule has 5 aromatic rings. The van der Waals surface area contributed by atoms with Crippen LogP contribution in [0.25, 0.3) is 22.7 Å². The van der Waals surface area contributed by atoms with Gasteiger partial charge in [-0.1, -0.05) is 50.2 Å². The third-order valence-corrected chi connectivity index (χ3v) is 6.05. The van der Waals surface area contributed by atoms with Gasteiger partial charge in [-0.2, -0.15) is 0 Å². The van der Waals surface area contributed by atoms with Crippen molar-refractivity contribution in [2.75, 3.05) is 4.90 Å². The summed E-state index contributed by atoms with van der Waals surface area (Å²) in [5.74, 6) is 0.495. The molecule has 0 bridgehead atoms. The molecule has 150 valence electrons. The molecular weight excluding hydrogens is 384 g/mol. The molecule has 2 aromatic carbocycles. The van der Waals surface area contributed by atoms with Crippen LogP contribution in [-0.4, -0.2) is 15.0 Å². The summed E-state index contributed by atoms with van der Waals surface area (Å²) in [5.41, 5.74) is 7.98. The molecule has 4 heterocycles. The van der Waals surface area contributed by atoms with Crippen molar-refractivity contribution in [1.29, 1.82) is 0 Å². The highest BCUT2D eigenvalue weighted by atomic mass is 16.3. The maximum absolute atomic E-state index is 5.85. The van der Waals surface area contributed by atoms with Gasteiger partial charge in [0.2, 0.25) is 5.89 Å². The van der Waals surface area contributed by atoms with Crippen LogP contribution in [0.4, 0.5) is 17.1 Å². The predicted octanol–water partition coefficient (Wildman–Crippen LogP) is 6.39. The summed E-state index contributed by atoms with van der Waals surface area (Å²) in [4.78, 5) is 15.6. The minimum absolute atomic E-state index is 0.0801. The summed E-state index contributed by atoms with van der Waals surface area (Å²) in [6.07, 6.45) is 5.27. The lowest BCUT2D eigenvalue weighted by molar-refractivity contribution is 0.616. The lowest BCUT2D eigenvalue weighted by atomic mass is 9.73. The highest BCUT2D eigenvalue weighted by Gasteiger charge is 2.36. The Morgan fingerprint density at radius 3 is 2.16 bits per heavy atom. The zero-order valence-electron chi connectivity index (χ0n) is 17.3. The molecule has 0 radical (unpaired) electrons. The molecule has 3 aromatic heterocycles. The summed E-state index contributed by atoms with van der Waals surface area (Å²) in [6.45, 7) is 4.57. The van der Waals surface area contributed by atoms with E-state index in [1.807, 2.05) is 18.3 Å². The monoisotopic (exact) mass is 404 g/mol. The van der Waals surface area contributed by atoms with Gasteiger partial charge in [0.15, 0.2) is 5.58 Å². The molecule has 0 spiro atoms. The SMILES string of the molecule is CC1(C)c2ccccc2N(c2ccc(-c3nc4cnccc4o3)nc2)c2ccccc21. The van der Waals surface area contributed by atoms with Crippen LogP contribution in [0, 0.1) is 0 Å². The molecule has 6 rings (SSSR count). The summed E-state index contributed by atoms with van der Waals surface area (Å²) >= 11 is 0. The van der Waals surface area contributed by atoms with E-state index in [0.717, 1.165) is 11.2 Å². The van der Waals surface area contributed by atoms with Gasteiger partial charge in [-0.05, 0) is 35.4 Å². The quantitative estimate of drug-likeness (QED) is 0.341. The Bertz CT molecular complexity index is 1340. The second-order valence-corrected chi connectivity index (χ2v) is 8.26. The fourth-order valence-electron chi connectivity index (χ4n) is 4.48. The topological polar surface area (TPSA) is 55.1 Å². The first-order valence-corrected chi connectivity index (χ1v) is 10.3. The Hall–Kier alpha value is -3.99. The van der Waals surface area contributed by atoms with Crippen LogP contribution in [0.5, 0.6) is 0 Å². The van der Waals surface area contributed by atoms with E-state index in [0.29, 0.717) is 17.2 Å². The molecule has 0 aliphatic carbocycles. The van der Waals surface area contributed by atoms with Crippen molar-refractivity contribution in [2.24, 2.45) is 0 Å². The van der Waals surface area contributed by atoms with Gasteiger partial charge in [0.25, 0.3) is 0 Å². The minimum Gasteiger partial charge on any atom is -0.435 e. The van der Waals surface area contributed by atoms with Crippen LogP contribution in [0.2, 0.25) is 0 Å². The second-order valence-electron chi connectivity index (χ2n) is 8.26. The molecule has 0 amide bonds. The Morgan fingerprint density at radius 1 is 0.806 bits per heavy atom. The van der Waals surface area contributed by atoms with E-state index in [1.165, 1.54) is 22.5 Å². The highest BCUT2D eigenvalue weighted by molar-refractivity contribution is 5.85. The maximum atomic E-state index is 5.85. The molecule has 0 saturated carbocycles. The molecule has 0 fully saturated rings. The van der Waals surface area contributed by atoms with E-state index in [2.05, 4.69) is 88.3 Å². The van der Waals surface area contributed by atoms with Crippen molar-refractivity contribution in [2.45, 2.75) is 19.3 Å². The Kier molecular flexibility index (Phi) is 3.74. The normalized spacial score (nSPS) is 14.3. The van der Waals surface area contributed by atoms with Crippen molar-refractivity contribution in [3.8, 4) is 11.6 Å². The van der Waals surface area contributed by atoms with Gasteiger partial charge in [-0.15, -0.1) is 0 Å². The third-order valence-electron chi connectivity index (χ3n) is 6.05. The number of anilines is 3. The standard InChI is InChI=1S/C26H20N4O/c1-26(2)18-7-3-5-9-22(18)30(23-10-6-4-8-19(23)26)17-11-12-20(28-15-17)25-29-21-16-27-14-13-24(21)31-25/h3-16H,1-2H3. The highest BCUT2D eigenvalue weighted by Crippen LogP contribution is 2.51. The first-order chi connectivity index (χ1) is 15.1. The number of pyridine rings is 2. The zero-order valence-corrected chi connectivity index (χ0v) is 17.3. The number of benzene rings is 2. The van der Waals surface area contributed by atoms with Crippen LogP contribution in [-0.2, 0) is 5.41 Å². The van der Waals surface area contributed by atoms with E-state index in [-0.39, 0.29) is 5.41 Å². The molecule has 1 aliphatic rings. The van der Waals surface area contributed by atoms with Crippen molar-refractivity contribution < 1.29 is 4.42 Å². The van der Waals surface area contributed by atoms with E-state index >= 15 is 0 Å². The molecule has 0 N–H and O–H groups in total. The number of para-hydroxylation sites is 2. The van der Waals surface area contributed by atoms with Crippen LogP contribution < -0.4 is 4.90 Å². The van der Waals surface area contributed by atoms with E-state index < -0.39 is 0 Å². The van der Waals surface area contributed by atoms with Crippen LogP contribution >= 0.6 is 0 Å². The van der Waals surface area contributed by atoms with Crippen LogP contribution in [0.15, 0.2) is 89.7 Å². The molecule has 5 nitrogen and oxygen atoms in total. The van der Waals surface area contributed by atoms with Crippen molar-refractivity contribution in [3.05, 3.63) is 96.4 Å². The smallest absolute Gasteiger partial charge is 0.246 e. The number of fused-ring (bicyclic) bond motifs is 3. The van der Waals surface area contributed by atoms with Gasteiger partial charge in [-0.3, -0.25) is 4.98 Å². The van der Waals surface area contributed by atoms with Gasteiger partial charge in [0.1, 0.15) is 11.2 Å². The average molecular weight is 404 g/mol. The number of hydrogen-bond acceptors (Lipinski definition) is 5. The van der Waals surface area contributed by atoms with E-state index in [1.54, 1.807) is 12.4 Å². The maximum Gasteiger partial charge on any atom is 0.246 e. The number of rotatable bonds is 2. The number of oxazole rings is 1. The zero-order chi connectivity index (χ0) is 21.0. The molecule has 5 heteroatoms. The fraction of sp³-hybridized carbons (Fsp3) is 0.115. The number of aromatic nitrogens is 3. The fourth-order valence-corrected chi connectivity index (χ4v) is 4.48. The average Bonchev–Trinajstić information content (AvgIpc) is 3.24. The van der Waals surface area contributed by atoms with E-state index in [9.17, 15) is 0 Å². The lowest BCUT2D eigenvalue weighted by Gasteiger charge is -2.41. The number of nitrogens with zero attached hydrogens (tertiary/aromatic N) is 4. The van der Waals surface area contributed by atoms with Gasteiger partial charge in [-0.25, -0.2) is 9.97 Å². The van der Waals surface area contributed by atoms with Crippen molar-refractivity contribution in [1.82, 2.24) is 15.0 Å². The van der Waals surface area contributed by atoms with Gasteiger partial charge in [0.05, 0.1) is 29.5 Å². The summed E-state index contributed by atoms with van der Waals surface area (Å²) < 4.78 is 5.85. The molecule has 1 aliphatic heterocycles. The lowest BCUT2D eigenvalue weighted by Crippen LogP contribution is -2.30. The van der Waals surface area contributed by atoms with Gasteiger partial charge < -0.3 is 9.32 Å². The largest absolute Gasteiger partial charge is 0.435 e. The minimum atomic E-state index is -0.0801.